The summed E-state index contributed by atoms with van der Waals surface area (Å²) in [5.74, 6) is 1.26. The second-order valence-electron chi connectivity index (χ2n) is 5.60. The van der Waals surface area contributed by atoms with Crippen LogP contribution in [-0.2, 0) is 9.53 Å². The quantitative estimate of drug-likeness (QED) is 0.586. The van der Waals surface area contributed by atoms with Crippen LogP contribution in [-0.4, -0.2) is 18.2 Å². The lowest BCUT2D eigenvalue weighted by Gasteiger charge is -2.13. The third kappa shape index (κ3) is 3.03. The van der Waals surface area contributed by atoms with Crippen LogP contribution < -0.4 is 4.74 Å². The Kier molecular flexibility index (Phi) is 3.51. The Balaban J connectivity index is 1.55. The molecule has 20 heavy (non-hydrogen) atoms. The Morgan fingerprint density at radius 1 is 1.30 bits per heavy atom. The number of esters is 1. The molecule has 1 aromatic carbocycles. The topological polar surface area (TPSA) is 35.5 Å². The lowest BCUT2D eigenvalue weighted by atomic mass is 10.2. The summed E-state index contributed by atoms with van der Waals surface area (Å²) in [6, 6.07) is 7.67. The van der Waals surface area contributed by atoms with Crippen molar-refractivity contribution in [2.24, 2.45) is 5.92 Å². The van der Waals surface area contributed by atoms with Gasteiger partial charge in [-0.1, -0.05) is 12.1 Å². The van der Waals surface area contributed by atoms with E-state index in [1.165, 1.54) is 18.9 Å². The molecule has 1 aromatic rings. The maximum atomic E-state index is 11.8. The van der Waals surface area contributed by atoms with Crippen LogP contribution in [0.2, 0.25) is 0 Å². The molecule has 0 aliphatic heterocycles. The van der Waals surface area contributed by atoms with Crippen LogP contribution in [0, 0.1) is 5.92 Å². The maximum Gasteiger partial charge on any atom is 0.331 e. The molecular formula is C17H20O3. The predicted octanol–water partition coefficient (Wildman–Crippen LogP) is 3.58. The van der Waals surface area contributed by atoms with Gasteiger partial charge in [0.1, 0.15) is 11.4 Å². The van der Waals surface area contributed by atoms with E-state index in [1.807, 2.05) is 31.2 Å². The standard InChI is InChI=1S/C17H20O3/c1-2-19-15-8-3-13(4-9-15)5-10-16(18)20-17(11-12-17)14-6-7-14/h3-5,8-10,14H,2,6-7,11-12H2,1H3. The summed E-state index contributed by atoms with van der Waals surface area (Å²) in [6.45, 7) is 2.61. The normalized spacial score (nSPS) is 19.9. The van der Waals surface area contributed by atoms with Gasteiger partial charge in [0.05, 0.1) is 6.61 Å². The fraction of sp³-hybridized carbons (Fsp3) is 0.471. The monoisotopic (exact) mass is 272 g/mol. The molecule has 2 fully saturated rings. The number of benzene rings is 1. The van der Waals surface area contributed by atoms with Gasteiger partial charge in [0, 0.05) is 6.08 Å². The molecule has 0 amide bonds. The van der Waals surface area contributed by atoms with Gasteiger partial charge in [-0.05, 0) is 62.3 Å². The molecular weight excluding hydrogens is 252 g/mol. The molecule has 0 bridgehead atoms. The number of hydrogen-bond donors (Lipinski definition) is 0. The molecule has 0 unspecified atom stereocenters. The summed E-state index contributed by atoms with van der Waals surface area (Å²) in [5, 5.41) is 0. The molecule has 0 heterocycles. The highest BCUT2D eigenvalue weighted by Gasteiger charge is 2.57. The number of carbonyl (C=O) groups is 1. The van der Waals surface area contributed by atoms with E-state index < -0.39 is 0 Å². The smallest absolute Gasteiger partial charge is 0.331 e. The van der Waals surface area contributed by atoms with Crippen LogP contribution in [0.5, 0.6) is 5.75 Å². The average Bonchev–Trinajstić information content (AvgIpc) is 3.31. The first-order chi connectivity index (χ1) is 9.72. The minimum atomic E-state index is -0.219. The van der Waals surface area contributed by atoms with Crippen molar-refractivity contribution in [1.29, 1.82) is 0 Å². The van der Waals surface area contributed by atoms with Gasteiger partial charge in [0.15, 0.2) is 0 Å². The molecule has 2 aliphatic carbocycles. The fourth-order valence-electron chi connectivity index (χ4n) is 2.57. The van der Waals surface area contributed by atoms with E-state index in [0.29, 0.717) is 12.5 Å². The van der Waals surface area contributed by atoms with Gasteiger partial charge in [0.25, 0.3) is 0 Å². The molecule has 2 saturated carbocycles. The predicted molar refractivity (Wildman–Crippen MR) is 77.4 cm³/mol. The van der Waals surface area contributed by atoms with Gasteiger partial charge in [-0.25, -0.2) is 4.79 Å². The molecule has 2 aliphatic rings. The van der Waals surface area contributed by atoms with Crippen LogP contribution in [0.3, 0.4) is 0 Å². The lowest BCUT2D eigenvalue weighted by Crippen LogP contribution is -2.20. The van der Waals surface area contributed by atoms with Gasteiger partial charge in [-0.3, -0.25) is 0 Å². The Hall–Kier alpha value is -1.77. The van der Waals surface area contributed by atoms with E-state index in [1.54, 1.807) is 6.08 Å². The zero-order valence-corrected chi connectivity index (χ0v) is 11.8. The first kappa shape index (κ1) is 13.2. The molecule has 0 saturated heterocycles. The number of carbonyl (C=O) groups excluding carboxylic acids is 1. The zero-order chi connectivity index (χ0) is 14.0. The van der Waals surface area contributed by atoms with E-state index in [0.717, 1.165) is 24.2 Å². The Morgan fingerprint density at radius 2 is 2.00 bits per heavy atom. The number of ether oxygens (including phenoxy) is 2. The molecule has 0 N–H and O–H groups in total. The van der Waals surface area contributed by atoms with Crippen molar-refractivity contribution >= 4 is 12.0 Å². The van der Waals surface area contributed by atoms with E-state index in [2.05, 4.69) is 0 Å². The third-order valence-corrected chi connectivity index (χ3v) is 3.97. The van der Waals surface area contributed by atoms with E-state index in [9.17, 15) is 4.79 Å². The summed E-state index contributed by atoms with van der Waals surface area (Å²) in [6.07, 6.45) is 7.84. The lowest BCUT2D eigenvalue weighted by molar-refractivity contribution is -0.146. The van der Waals surface area contributed by atoms with Crippen LogP contribution >= 0.6 is 0 Å². The summed E-state index contributed by atoms with van der Waals surface area (Å²) < 4.78 is 11.0. The third-order valence-electron chi connectivity index (χ3n) is 3.97. The Morgan fingerprint density at radius 3 is 2.55 bits per heavy atom. The molecule has 3 rings (SSSR count). The first-order valence-corrected chi connectivity index (χ1v) is 7.36. The largest absolute Gasteiger partial charge is 0.494 e. The van der Waals surface area contributed by atoms with E-state index >= 15 is 0 Å². The van der Waals surface area contributed by atoms with Crippen molar-refractivity contribution in [3.05, 3.63) is 35.9 Å². The Labute approximate surface area is 119 Å². The summed E-state index contributed by atoms with van der Waals surface area (Å²) in [5.41, 5.74) is 0.877. The molecule has 3 heteroatoms. The summed E-state index contributed by atoms with van der Waals surface area (Å²) in [4.78, 5) is 11.8. The second kappa shape index (κ2) is 5.31. The van der Waals surface area contributed by atoms with Crippen molar-refractivity contribution in [2.75, 3.05) is 6.61 Å². The van der Waals surface area contributed by atoms with Crippen molar-refractivity contribution < 1.29 is 14.3 Å². The van der Waals surface area contributed by atoms with Gasteiger partial charge < -0.3 is 9.47 Å². The van der Waals surface area contributed by atoms with Crippen molar-refractivity contribution in [2.45, 2.75) is 38.2 Å². The van der Waals surface area contributed by atoms with Gasteiger partial charge in [-0.15, -0.1) is 0 Å². The highest BCUT2D eigenvalue weighted by molar-refractivity contribution is 5.87. The van der Waals surface area contributed by atoms with Crippen molar-refractivity contribution in [3.63, 3.8) is 0 Å². The van der Waals surface area contributed by atoms with Gasteiger partial charge in [-0.2, -0.15) is 0 Å². The summed E-state index contributed by atoms with van der Waals surface area (Å²) in [7, 11) is 0. The van der Waals surface area contributed by atoms with Crippen LogP contribution in [0.4, 0.5) is 0 Å². The SMILES string of the molecule is CCOc1ccc(C=CC(=O)OC2(C3CC3)CC2)cc1. The minimum absolute atomic E-state index is 0.0970. The summed E-state index contributed by atoms with van der Waals surface area (Å²) >= 11 is 0. The van der Waals surface area contributed by atoms with Crippen LogP contribution in [0.25, 0.3) is 6.08 Å². The highest BCUT2D eigenvalue weighted by atomic mass is 16.6. The van der Waals surface area contributed by atoms with Gasteiger partial charge >= 0.3 is 5.97 Å². The molecule has 0 atom stereocenters. The van der Waals surface area contributed by atoms with Crippen LogP contribution in [0.1, 0.15) is 38.2 Å². The van der Waals surface area contributed by atoms with Crippen molar-refractivity contribution in [3.8, 4) is 5.75 Å². The first-order valence-electron chi connectivity index (χ1n) is 7.36. The maximum absolute atomic E-state index is 11.8. The highest BCUT2D eigenvalue weighted by Crippen LogP contribution is 2.56. The number of hydrogen-bond acceptors (Lipinski definition) is 3. The molecule has 0 radical (unpaired) electrons. The second-order valence-corrected chi connectivity index (χ2v) is 5.60. The van der Waals surface area contributed by atoms with Crippen molar-refractivity contribution in [1.82, 2.24) is 0 Å². The van der Waals surface area contributed by atoms with Crippen LogP contribution in [0.15, 0.2) is 30.3 Å². The molecule has 106 valence electrons. The zero-order valence-electron chi connectivity index (χ0n) is 11.8. The number of rotatable bonds is 6. The van der Waals surface area contributed by atoms with E-state index in [4.69, 9.17) is 9.47 Å². The average molecular weight is 272 g/mol. The van der Waals surface area contributed by atoms with E-state index in [-0.39, 0.29) is 11.6 Å². The molecule has 0 aromatic heterocycles. The fourth-order valence-corrected chi connectivity index (χ4v) is 2.57. The van der Waals surface area contributed by atoms with Gasteiger partial charge in [0.2, 0.25) is 0 Å². The Bertz CT molecular complexity index is 508. The molecule has 0 spiro atoms. The minimum Gasteiger partial charge on any atom is -0.494 e. The molecule has 3 nitrogen and oxygen atoms in total.